The fourth-order valence-electron chi connectivity index (χ4n) is 1.21. The molecule has 1 heterocycles. The number of aldehydes is 1. The second kappa shape index (κ2) is 2.43. The third-order valence-corrected chi connectivity index (χ3v) is 3.39. The number of rotatable bonds is 2. The maximum atomic E-state index is 10.4. The van der Waals surface area contributed by atoms with Crippen LogP contribution in [0.25, 0.3) is 0 Å². The molecule has 60 valence electrons. The van der Waals surface area contributed by atoms with Crippen LogP contribution in [-0.2, 0) is 5.41 Å². The zero-order chi connectivity index (χ0) is 8.60. The van der Waals surface area contributed by atoms with Gasteiger partial charge in [0.2, 0.25) is 0 Å². The van der Waals surface area contributed by atoms with E-state index in [-0.39, 0.29) is 5.41 Å². The van der Waals surface area contributed by atoms with Gasteiger partial charge in [-0.3, -0.25) is 4.79 Å². The standard InChI is InChI=1S/C9H7NOS/c10-6-9(3-4-9)8-2-1-7(5-11)12-8/h1-2,5H,3-4H2. The first-order valence-electron chi connectivity index (χ1n) is 3.77. The molecule has 12 heavy (non-hydrogen) atoms. The van der Waals surface area contributed by atoms with Gasteiger partial charge < -0.3 is 0 Å². The van der Waals surface area contributed by atoms with Crippen LogP contribution in [-0.4, -0.2) is 6.29 Å². The predicted molar refractivity (Wildman–Crippen MR) is 46.2 cm³/mol. The van der Waals surface area contributed by atoms with Crippen molar-refractivity contribution >= 4 is 17.6 Å². The van der Waals surface area contributed by atoms with Gasteiger partial charge in [-0.05, 0) is 25.0 Å². The first-order chi connectivity index (χ1) is 5.80. The van der Waals surface area contributed by atoms with E-state index in [2.05, 4.69) is 6.07 Å². The van der Waals surface area contributed by atoms with Crippen molar-refractivity contribution in [3.63, 3.8) is 0 Å². The molecule has 1 aromatic heterocycles. The molecule has 0 amide bonds. The summed E-state index contributed by atoms with van der Waals surface area (Å²) in [4.78, 5) is 12.1. The smallest absolute Gasteiger partial charge is 0.160 e. The third kappa shape index (κ3) is 0.961. The average Bonchev–Trinajstić information content (AvgIpc) is 2.77. The molecular weight excluding hydrogens is 170 g/mol. The Morgan fingerprint density at radius 2 is 2.33 bits per heavy atom. The molecule has 0 atom stereocenters. The number of hydrogen-bond acceptors (Lipinski definition) is 3. The Morgan fingerprint density at radius 3 is 2.75 bits per heavy atom. The van der Waals surface area contributed by atoms with Crippen molar-refractivity contribution in [3.8, 4) is 6.07 Å². The van der Waals surface area contributed by atoms with Gasteiger partial charge in [0.05, 0.1) is 16.4 Å². The molecule has 0 aliphatic heterocycles. The van der Waals surface area contributed by atoms with Crippen LogP contribution in [0, 0.1) is 11.3 Å². The van der Waals surface area contributed by atoms with E-state index in [0.29, 0.717) is 4.88 Å². The Hall–Kier alpha value is -1.14. The predicted octanol–water partition coefficient (Wildman–Crippen LogP) is 2.12. The lowest BCUT2D eigenvalue weighted by molar-refractivity contribution is 0.112. The second-order valence-corrected chi connectivity index (χ2v) is 4.13. The summed E-state index contributed by atoms with van der Waals surface area (Å²) in [5, 5.41) is 8.86. The van der Waals surface area contributed by atoms with E-state index in [1.54, 1.807) is 6.07 Å². The average molecular weight is 177 g/mol. The highest BCUT2D eigenvalue weighted by Crippen LogP contribution is 2.49. The van der Waals surface area contributed by atoms with E-state index in [1.165, 1.54) is 11.3 Å². The van der Waals surface area contributed by atoms with Crippen LogP contribution < -0.4 is 0 Å². The highest BCUT2D eigenvalue weighted by molar-refractivity contribution is 7.13. The van der Waals surface area contributed by atoms with Crippen molar-refractivity contribution in [2.24, 2.45) is 0 Å². The van der Waals surface area contributed by atoms with Gasteiger partial charge in [-0.15, -0.1) is 11.3 Å². The van der Waals surface area contributed by atoms with Gasteiger partial charge >= 0.3 is 0 Å². The van der Waals surface area contributed by atoms with Crippen LogP contribution in [0.4, 0.5) is 0 Å². The molecule has 0 aromatic carbocycles. The lowest BCUT2D eigenvalue weighted by atomic mass is 10.1. The van der Waals surface area contributed by atoms with Crippen molar-refractivity contribution in [2.45, 2.75) is 18.3 Å². The first-order valence-corrected chi connectivity index (χ1v) is 4.59. The highest BCUT2D eigenvalue weighted by atomic mass is 32.1. The monoisotopic (exact) mass is 177 g/mol. The molecule has 2 nitrogen and oxygen atoms in total. The summed E-state index contributed by atoms with van der Waals surface area (Å²) in [5.41, 5.74) is -0.230. The van der Waals surface area contributed by atoms with E-state index in [1.807, 2.05) is 6.07 Å². The normalized spacial score (nSPS) is 18.2. The van der Waals surface area contributed by atoms with E-state index in [9.17, 15) is 4.79 Å². The number of hydrogen-bond donors (Lipinski definition) is 0. The molecule has 0 N–H and O–H groups in total. The molecule has 1 aliphatic rings. The number of thiophene rings is 1. The Bertz CT molecular complexity index is 357. The summed E-state index contributed by atoms with van der Waals surface area (Å²) in [5.74, 6) is 0. The molecule has 0 spiro atoms. The molecule has 0 unspecified atom stereocenters. The fourth-order valence-corrected chi connectivity index (χ4v) is 2.23. The van der Waals surface area contributed by atoms with Crippen LogP contribution in [0.1, 0.15) is 27.4 Å². The molecule has 0 saturated heterocycles. The number of carbonyl (C=O) groups is 1. The van der Waals surface area contributed by atoms with Gasteiger partial charge in [0.25, 0.3) is 0 Å². The van der Waals surface area contributed by atoms with E-state index >= 15 is 0 Å². The second-order valence-electron chi connectivity index (χ2n) is 3.01. The Labute approximate surface area is 74.4 Å². The third-order valence-electron chi connectivity index (χ3n) is 2.18. The highest BCUT2D eigenvalue weighted by Gasteiger charge is 2.45. The molecule has 1 aliphatic carbocycles. The molecule has 1 aromatic rings. The molecular formula is C9H7NOS. The van der Waals surface area contributed by atoms with Gasteiger partial charge in [-0.25, -0.2) is 0 Å². The maximum absolute atomic E-state index is 10.4. The molecule has 1 fully saturated rings. The zero-order valence-electron chi connectivity index (χ0n) is 6.41. The van der Waals surface area contributed by atoms with E-state index < -0.39 is 0 Å². The summed E-state index contributed by atoms with van der Waals surface area (Å²) in [6.07, 6.45) is 2.73. The van der Waals surface area contributed by atoms with Crippen LogP contribution in [0.2, 0.25) is 0 Å². The van der Waals surface area contributed by atoms with Gasteiger partial charge in [0, 0.05) is 4.88 Å². The fraction of sp³-hybridized carbons (Fsp3) is 0.333. The number of carbonyl (C=O) groups excluding carboxylic acids is 1. The van der Waals surface area contributed by atoms with Crippen molar-refractivity contribution in [2.75, 3.05) is 0 Å². The topological polar surface area (TPSA) is 40.9 Å². The largest absolute Gasteiger partial charge is 0.297 e. The summed E-state index contributed by atoms with van der Waals surface area (Å²) >= 11 is 1.44. The van der Waals surface area contributed by atoms with Crippen molar-refractivity contribution in [1.82, 2.24) is 0 Å². The van der Waals surface area contributed by atoms with Crippen molar-refractivity contribution in [1.29, 1.82) is 5.26 Å². The van der Waals surface area contributed by atoms with E-state index in [4.69, 9.17) is 5.26 Å². The maximum Gasteiger partial charge on any atom is 0.160 e. The van der Waals surface area contributed by atoms with Crippen LogP contribution in [0.15, 0.2) is 12.1 Å². The Kier molecular flexibility index (Phi) is 1.52. The van der Waals surface area contributed by atoms with Gasteiger partial charge in [-0.1, -0.05) is 0 Å². The van der Waals surface area contributed by atoms with E-state index in [0.717, 1.165) is 24.0 Å². The lowest BCUT2D eigenvalue weighted by Crippen LogP contribution is -1.97. The Morgan fingerprint density at radius 1 is 1.58 bits per heavy atom. The van der Waals surface area contributed by atoms with Gasteiger partial charge in [0.1, 0.15) is 0 Å². The van der Waals surface area contributed by atoms with Crippen molar-refractivity contribution < 1.29 is 4.79 Å². The first kappa shape index (κ1) is 7.51. The molecule has 2 rings (SSSR count). The van der Waals surface area contributed by atoms with Crippen molar-refractivity contribution in [3.05, 3.63) is 21.9 Å². The summed E-state index contributed by atoms with van der Waals surface area (Å²) in [7, 11) is 0. The molecule has 0 radical (unpaired) electrons. The van der Waals surface area contributed by atoms with Crippen LogP contribution in [0.3, 0.4) is 0 Å². The SMILES string of the molecule is N#CC1(c2ccc(C=O)s2)CC1. The Balaban J connectivity index is 2.36. The quantitative estimate of drug-likeness (QED) is 0.649. The molecule has 0 bridgehead atoms. The van der Waals surface area contributed by atoms with Gasteiger partial charge in [0.15, 0.2) is 6.29 Å². The zero-order valence-corrected chi connectivity index (χ0v) is 7.23. The summed E-state index contributed by atoms with van der Waals surface area (Å²) < 4.78 is 0. The summed E-state index contributed by atoms with van der Waals surface area (Å²) in [6.45, 7) is 0. The minimum absolute atomic E-state index is 0.230. The lowest BCUT2D eigenvalue weighted by Gasteiger charge is -1.98. The van der Waals surface area contributed by atoms with Crippen LogP contribution >= 0.6 is 11.3 Å². The van der Waals surface area contributed by atoms with Gasteiger partial charge in [-0.2, -0.15) is 5.26 Å². The minimum Gasteiger partial charge on any atom is -0.297 e. The molecule has 1 saturated carbocycles. The van der Waals surface area contributed by atoms with Crippen LogP contribution in [0.5, 0.6) is 0 Å². The number of nitrogens with zero attached hydrogens (tertiary/aromatic N) is 1. The molecule has 3 heteroatoms. The summed E-state index contributed by atoms with van der Waals surface area (Å²) in [6, 6.07) is 5.98. The number of nitriles is 1. The minimum atomic E-state index is -0.230.